The van der Waals surface area contributed by atoms with E-state index in [1.165, 1.54) is 16.8 Å². The molecule has 0 fully saturated rings. The van der Waals surface area contributed by atoms with Crippen molar-refractivity contribution < 1.29 is 4.74 Å². The van der Waals surface area contributed by atoms with Crippen LogP contribution >= 0.6 is 12.2 Å². The van der Waals surface area contributed by atoms with Gasteiger partial charge in [0.2, 0.25) is 0 Å². The molecule has 3 nitrogen and oxygen atoms in total. The molecule has 0 radical (unpaired) electrons. The second kappa shape index (κ2) is 5.35. The van der Waals surface area contributed by atoms with Crippen LogP contribution in [0.15, 0.2) is 24.3 Å². The maximum atomic E-state index is 5.48. The molecular formula is C17H18N2OS. The Morgan fingerprint density at radius 1 is 1.19 bits per heavy atom. The molecule has 1 aromatic heterocycles. The van der Waals surface area contributed by atoms with Gasteiger partial charge in [-0.2, -0.15) is 0 Å². The van der Waals surface area contributed by atoms with Crippen molar-refractivity contribution in [1.29, 1.82) is 0 Å². The molecule has 4 heteroatoms. The third-order valence-electron chi connectivity index (χ3n) is 4.60. The Bertz CT molecular complexity index is 738. The summed E-state index contributed by atoms with van der Waals surface area (Å²) in [5, 5.41) is 0. The van der Waals surface area contributed by atoms with Crippen molar-refractivity contribution in [3.8, 4) is 0 Å². The number of aromatic amines is 1. The molecule has 0 spiro atoms. The van der Waals surface area contributed by atoms with Crippen molar-refractivity contribution in [3.63, 3.8) is 0 Å². The van der Waals surface area contributed by atoms with Crippen molar-refractivity contribution >= 4 is 12.2 Å². The molecule has 4 rings (SSSR count). The summed E-state index contributed by atoms with van der Waals surface area (Å²) >= 11 is 5.46. The zero-order valence-corrected chi connectivity index (χ0v) is 12.7. The van der Waals surface area contributed by atoms with Crippen LogP contribution in [0.5, 0.6) is 0 Å². The average Bonchev–Trinajstić information content (AvgIpc) is 2.54. The Morgan fingerprint density at radius 2 is 2.05 bits per heavy atom. The van der Waals surface area contributed by atoms with Crippen molar-refractivity contribution in [2.24, 2.45) is 0 Å². The number of H-pyrrole nitrogens is 1. The van der Waals surface area contributed by atoms with Crippen LogP contribution in [-0.2, 0) is 30.6 Å². The Kier molecular flexibility index (Phi) is 3.36. The van der Waals surface area contributed by atoms with Crippen LogP contribution in [0.3, 0.4) is 0 Å². The molecule has 1 N–H and O–H groups in total. The number of nitrogens with zero attached hydrogens (tertiary/aromatic N) is 1. The Labute approximate surface area is 129 Å². The second-order valence-electron chi connectivity index (χ2n) is 5.90. The second-order valence-corrected chi connectivity index (χ2v) is 6.28. The van der Waals surface area contributed by atoms with E-state index in [2.05, 4.69) is 34.2 Å². The average molecular weight is 298 g/mol. The highest BCUT2D eigenvalue weighted by molar-refractivity contribution is 7.71. The zero-order chi connectivity index (χ0) is 14.2. The van der Waals surface area contributed by atoms with Gasteiger partial charge in [0.05, 0.1) is 13.2 Å². The number of benzene rings is 1. The smallest absolute Gasteiger partial charge is 0.135 e. The maximum Gasteiger partial charge on any atom is 0.135 e. The SMILES string of the molecule is S=c1nc(C2CCc3ccccc3C2)[nH]c2c1COCC2. The van der Waals surface area contributed by atoms with Gasteiger partial charge in [0.25, 0.3) is 0 Å². The van der Waals surface area contributed by atoms with Crippen molar-refractivity contribution in [1.82, 2.24) is 9.97 Å². The highest BCUT2D eigenvalue weighted by Gasteiger charge is 2.23. The monoisotopic (exact) mass is 298 g/mol. The minimum atomic E-state index is 0.453. The molecule has 21 heavy (non-hydrogen) atoms. The standard InChI is InChI=1S/C17H18N2OS/c21-17-14-10-20-8-7-15(14)18-16(19-17)13-6-5-11-3-1-2-4-12(11)9-13/h1-4,13H,5-10H2,(H,18,19,21). The Balaban J connectivity index is 1.69. The van der Waals surface area contributed by atoms with E-state index in [0.29, 0.717) is 12.5 Å². The van der Waals surface area contributed by atoms with Crippen LogP contribution in [0.1, 0.15) is 40.5 Å². The largest absolute Gasteiger partial charge is 0.376 e. The minimum absolute atomic E-state index is 0.453. The molecule has 2 aromatic rings. The van der Waals surface area contributed by atoms with Crippen molar-refractivity contribution in [2.45, 2.75) is 38.2 Å². The molecular weight excluding hydrogens is 280 g/mol. The molecule has 108 valence electrons. The molecule has 1 atom stereocenters. The van der Waals surface area contributed by atoms with Gasteiger partial charge in [0.15, 0.2) is 0 Å². The number of hydrogen-bond acceptors (Lipinski definition) is 3. The van der Waals surface area contributed by atoms with Gasteiger partial charge >= 0.3 is 0 Å². The van der Waals surface area contributed by atoms with Crippen LogP contribution in [-0.4, -0.2) is 16.6 Å². The van der Waals surface area contributed by atoms with E-state index in [-0.39, 0.29) is 0 Å². The van der Waals surface area contributed by atoms with E-state index >= 15 is 0 Å². The molecule has 2 aliphatic rings. The predicted molar refractivity (Wildman–Crippen MR) is 84.0 cm³/mol. The summed E-state index contributed by atoms with van der Waals surface area (Å²) in [7, 11) is 0. The van der Waals surface area contributed by atoms with Crippen LogP contribution in [0.2, 0.25) is 0 Å². The Morgan fingerprint density at radius 3 is 2.95 bits per heavy atom. The lowest BCUT2D eigenvalue weighted by molar-refractivity contribution is 0.108. The molecule has 0 saturated heterocycles. The number of aromatic nitrogens is 2. The molecule has 1 aromatic carbocycles. The zero-order valence-electron chi connectivity index (χ0n) is 11.9. The fourth-order valence-corrected chi connectivity index (χ4v) is 3.68. The number of ether oxygens (including phenoxy) is 1. The molecule has 1 aliphatic heterocycles. The van der Waals surface area contributed by atoms with Crippen LogP contribution in [0.25, 0.3) is 0 Å². The summed E-state index contributed by atoms with van der Waals surface area (Å²) in [6.07, 6.45) is 4.25. The van der Waals surface area contributed by atoms with E-state index < -0.39 is 0 Å². The highest BCUT2D eigenvalue weighted by atomic mass is 32.1. The van der Waals surface area contributed by atoms with Gasteiger partial charge in [-0.3, -0.25) is 0 Å². The number of fused-ring (bicyclic) bond motifs is 2. The third-order valence-corrected chi connectivity index (χ3v) is 4.94. The molecule has 0 bridgehead atoms. The van der Waals surface area contributed by atoms with Crippen LogP contribution in [0.4, 0.5) is 0 Å². The molecule has 1 aliphatic carbocycles. The van der Waals surface area contributed by atoms with Crippen molar-refractivity contribution in [2.75, 3.05) is 6.61 Å². The van der Waals surface area contributed by atoms with E-state index in [4.69, 9.17) is 17.0 Å². The van der Waals surface area contributed by atoms with Gasteiger partial charge in [-0.05, 0) is 30.4 Å². The van der Waals surface area contributed by atoms with Crippen LogP contribution in [0, 0.1) is 4.64 Å². The van der Waals surface area contributed by atoms with E-state index in [1.54, 1.807) is 0 Å². The summed E-state index contributed by atoms with van der Waals surface area (Å²) in [6.45, 7) is 1.38. The fraction of sp³-hybridized carbons (Fsp3) is 0.412. The lowest BCUT2D eigenvalue weighted by Crippen LogP contribution is -2.19. The number of nitrogens with one attached hydrogen (secondary N) is 1. The lowest BCUT2D eigenvalue weighted by Gasteiger charge is -2.25. The highest BCUT2D eigenvalue weighted by Crippen LogP contribution is 2.31. The summed E-state index contributed by atoms with van der Waals surface area (Å²) in [5.74, 6) is 1.52. The minimum Gasteiger partial charge on any atom is -0.376 e. The van der Waals surface area contributed by atoms with Crippen molar-refractivity contribution in [3.05, 3.63) is 57.1 Å². The maximum absolute atomic E-state index is 5.48. The summed E-state index contributed by atoms with van der Waals surface area (Å²) in [6, 6.07) is 8.73. The van der Waals surface area contributed by atoms with E-state index in [0.717, 1.165) is 48.3 Å². The lowest BCUT2D eigenvalue weighted by atomic mass is 9.83. The van der Waals surface area contributed by atoms with Gasteiger partial charge in [0, 0.05) is 23.6 Å². The van der Waals surface area contributed by atoms with Gasteiger partial charge in [-0.25, -0.2) is 4.98 Å². The van der Waals surface area contributed by atoms with Gasteiger partial charge in [-0.15, -0.1) is 0 Å². The number of rotatable bonds is 1. The first-order chi connectivity index (χ1) is 10.3. The van der Waals surface area contributed by atoms with E-state index in [9.17, 15) is 0 Å². The normalized spacial score (nSPS) is 20.7. The summed E-state index contributed by atoms with van der Waals surface area (Å²) < 4.78 is 6.20. The molecule has 0 amide bonds. The quantitative estimate of drug-likeness (QED) is 0.819. The third kappa shape index (κ3) is 2.43. The number of hydrogen-bond donors (Lipinski definition) is 1. The van der Waals surface area contributed by atoms with Gasteiger partial charge < -0.3 is 9.72 Å². The first kappa shape index (κ1) is 13.2. The number of aryl methyl sites for hydroxylation is 1. The summed E-state index contributed by atoms with van der Waals surface area (Å²) in [5.41, 5.74) is 5.25. The topological polar surface area (TPSA) is 37.9 Å². The molecule has 2 heterocycles. The van der Waals surface area contributed by atoms with Gasteiger partial charge in [0.1, 0.15) is 10.5 Å². The predicted octanol–water partition coefficient (Wildman–Crippen LogP) is 3.48. The Hall–Kier alpha value is -1.52. The summed E-state index contributed by atoms with van der Waals surface area (Å²) in [4.78, 5) is 8.21. The molecule has 1 unspecified atom stereocenters. The molecule has 0 saturated carbocycles. The first-order valence-corrected chi connectivity index (χ1v) is 7.98. The van der Waals surface area contributed by atoms with Gasteiger partial charge in [-0.1, -0.05) is 36.5 Å². The van der Waals surface area contributed by atoms with E-state index in [1.807, 2.05) is 0 Å². The fourth-order valence-electron chi connectivity index (χ4n) is 3.40. The van der Waals surface area contributed by atoms with Crippen LogP contribution < -0.4 is 0 Å². The first-order valence-electron chi connectivity index (χ1n) is 7.58.